The number of nitro benzene ring substituents is 2. The standard InChI is InChI=1S/C16H25N3O8Si/c1-5-8-28(25-6-2,26-7-3)27-12(4)17-16(20)13-9-14(18(21)22)11-15(10-13)19(23)24/h9-12H,5-8H2,1-4H3,(H,17,20). The highest BCUT2D eigenvalue weighted by Crippen LogP contribution is 2.23. The van der Waals surface area contributed by atoms with E-state index < -0.39 is 42.2 Å². The van der Waals surface area contributed by atoms with Crippen molar-refractivity contribution in [2.45, 2.75) is 46.4 Å². The van der Waals surface area contributed by atoms with E-state index in [0.717, 1.165) is 24.6 Å². The first-order valence-electron chi connectivity index (χ1n) is 8.88. The Hall–Kier alpha value is -2.41. The number of carbonyl (C=O) groups excluding carboxylic acids is 1. The quantitative estimate of drug-likeness (QED) is 0.237. The van der Waals surface area contributed by atoms with Gasteiger partial charge in [-0.25, -0.2) is 0 Å². The Morgan fingerprint density at radius 1 is 1.07 bits per heavy atom. The number of nitrogens with zero attached hydrogens (tertiary/aromatic N) is 2. The van der Waals surface area contributed by atoms with Crippen LogP contribution in [0.4, 0.5) is 11.4 Å². The smallest absolute Gasteiger partial charge is 0.374 e. The average Bonchev–Trinajstić information content (AvgIpc) is 2.61. The third-order valence-electron chi connectivity index (χ3n) is 3.56. The van der Waals surface area contributed by atoms with Gasteiger partial charge in [-0.05, 0) is 20.8 Å². The molecule has 0 aliphatic carbocycles. The summed E-state index contributed by atoms with van der Waals surface area (Å²) in [5.74, 6) is -0.744. The summed E-state index contributed by atoms with van der Waals surface area (Å²) in [5, 5.41) is 24.5. The van der Waals surface area contributed by atoms with E-state index in [0.29, 0.717) is 19.3 Å². The van der Waals surface area contributed by atoms with E-state index in [1.165, 1.54) is 0 Å². The van der Waals surface area contributed by atoms with Crippen molar-refractivity contribution < 1.29 is 27.9 Å². The van der Waals surface area contributed by atoms with Gasteiger partial charge in [-0.1, -0.05) is 13.3 Å². The summed E-state index contributed by atoms with van der Waals surface area (Å²) in [5.41, 5.74) is -1.32. The zero-order valence-electron chi connectivity index (χ0n) is 16.3. The molecule has 0 fully saturated rings. The molecule has 11 nitrogen and oxygen atoms in total. The maximum absolute atomic E-state index is 12.5. The van der Waals surface area contributed by atoms with E-state index in [1.54, 1.807) is 6.92 Å². The molecule has 1 N–H and O–H groups in total. The molecule has 1 rings (SSSR count). The van der Waals surface area contributed by atoms with E-state index >= 15 is 0 Å². The largest absolute Gasteiger partial charge is 0.502 e. The van der Waals surface area contributed by atoms with Crippen LogP contribution in [0, 0.1) is 20.2 Å². The second-order valence-electron chi connectivity index (χ2n) is 5.78. The Morgan fingerprint density at radius 3 is 1.96 bits per heavy atom. The minimum Gasteiger partial charge on any atom is -0.374 e. The maximum Gasteiger partial charge on any atom is 0.502 e. The van der Waals surface area contributed by atoms with Crippen molar-refractivity contribution in [3.05, 3.63) is 44.0 Å². The number of nitrogens with one attached hydrogen (secondary N) is 1. The van der Waals surface area contributed by atoms with Gasteiger partial charge >= 0.3 is 8.80 Å². The lowest BCUT2D eigenvalue weighted by atomic mass is 10.1. The van der Waals surface area contributed by atoms with Gasteiger partial charge in [0.1, 0.15) is 6.23 Å². The van der Waals surface area contributed by atoms with Crippen LogP contribution >= 0.6 is 0 Å². The first-order valence-corrected chi connectivity index (χ1v) is 10.8. The van der Waals surface area contributed by atoms with Crippen LogP contribution in [-0.2, 0) is 13.3 Å². The minimum absolute atomic E-state index is 0.216. The first kappa shape index (κ1) is 23.6. The summed E-state index contributed by atoms with van der Waals surface area (Å²) < 4.78 is 17.4. The highest BCUT2D eigenvalue weighted by atomic mass is 28.4. The number of benzene rings is 1. The van der Waals surface area contributed by atoms with Crippen LogP contribution in [0.5, 0.6) is 0 Å². The number of hydrogen-bond donors (Lipinski definition) is 1. The summed E-state index contributed by atoms with van der Waals surface area (Å²) in [6.07, 6.45) is -0.0774. The molecule has 1 aromatic rings. The third kappa shape index (κ3) is 6.63. The van der Waals surface area contributed by atoms with Crippen LogP contribution in [0.2, 0.25) is 6.04 Å². The molecule has 156 valence electrons. The molecule has 0 aliphatic rings. The molecule has 12 heteroatoms. The van der Waals surface area contributed by atoms with E-state index in [9.17, 15) is 25.0 Å². The van der Waals surface area contributed by atoms with Gasteiger partial charge in [0, 0.05) is 31.4 Å². The predicted octanol–water partition coefficient (Wildman–Crippen LogP) is 3.02. The van der Waals surface area contributed by atoms with Crippen molar-refractivity contribution in [2.75, 3.05) is 13.2 Å². The molecule has 1 atom stereocenters. The lowest BCUT2D eigenvalue weighted by Crippen LogP contribution is -2.51. The first-order chi connectivity index (χ1) is 13.2. The lowest BCUT2D eigenvalue weighted by Gasteiger charge is -2.31. The van der Waals surface area contributed by atoms with Gasteiger partial charge < -0.3 is 18.6 Å². The molecule has 0 bridgehead atoms. The monoisotopic (exact) mass is 415 g/mol. The Labute approximate surface area is 163 Å². The van der Waals surface area contributed by atoms with Crippen molar-refractivity contribution in [3.8, 4) is 0 Å². The Balaban J connectivity index is 3.02. The molecule has 1 aromatic carbocycles. The summed E-state index contributed by atoms with van der Waals surface area (Å²) in [6.45, 7) is 7.90. The van der Waals surface area contributed by atoms with Gasteiger partial charge in [0.2, 0.25) is 0 Å². The summed E-state index contributed by atoms with van der Waals surface area (Å²) >= 11 is 0. The number of carbonyl (C=O) groups is 1. The van der Waals surface area contributed by atoms with Crippen molar-refractivity contribution in [3.63, 3.8) is 0 Å². The van der Waals surface area contributed by atoms with E-state index in [-0.39, 0.29) is 5.56 Å². The Bertz CT molecular complexity index is 666. The number of rotatable bonds is 12. The maximum atomic E-state index is 12.5. The van der Waals surface area contributed by atoms with Gasteiger partial charge in [-0.2, -0.15) is 0 Å². The second kappa shape index (κ2) is 10.8. The fourth-order valence-electron chi connectivity index (χ4n) is 2.56. The van der Waals surface area contributed by atoms with Crippen molar-refractivity contribution in [1.29, 1.82) is 0 Å². The second-order valence-corrected chi connectivity index (χ2v) is 8.46. The molecular weight excluding hydrogens is 390 g/mol. The van der Waals surface area contributed by atoms with Gasteiger partial charge in [-0.3, -0.25) is 25.0 Å². The molecule has 28 heavy (non-hydrogen) atoms. The fraction of sp³-hybridized carbons (Fsp3) is 0.562. The van der Waals surface area contributed by atoms with Crippen LogP contribution in [0.25, 0.3) is 0 Å². The Morgan fingerprint density at radius 2 is 1.57 bits per heavy atom. The summed E-state index contributed by atoms with van der Waals surface area (Å²) in [4.78, 5) is 32.8. The Kier molecular flexibility index (Phi) is 9.11. The van der Waals surface area contributed by atoms with Crippen LogP contribution in [0.1, 0.15) is 44.5 Å². The molecule has 0 heterocycles. The topological polar surface area (TPSA) is 143 Å². The van der Waals surface area contributed by atoms with Crippen LogP contribution in [0.15, 0.2) is 18.2 Å². The lowest BCUT2D eigenvalue weighted by molar-refractivity contribution is -0.394. The van der Waals surface area contributed by atoms with Gasteiger partial charge in [0.15, 0.2) is 0 Å². The molecule has 0 spiro atoms. The van der Waals surface area contributed by atoms with Crippen molar-refractivity contribution >= 4 is 26.1 Å². The molecule has 1 amide bonds. The molecule has 0 saturated carbocycles. The average molecular weight is 415 g/mol. The predicted molar refractivity (Wildman–Crippen MR) is 102 cm³/mol. The molecule has 0 radical (unpaired) electrons. The minimum atomic E-state index is -3.02. The van der Waals surface area contributed by atoms with Crippen LogP contribution < -0.4 is 5.32 Å². The van der Waals surface area contributed by atoms with Crippen LogP contribution in [0.3, 0.4) is 0 Å². The number of amides is 1. The summed E-state index contributed by atoms with van der Waals surface area (Å²) in [7, 11) is -3.02. The number of nitro groups is 2. The number of non-ortho nitro benzene ring substituents is 2. The molecule has 0 aromatic heterocycles. The zero-order valence-corrected chi connectivity index (χ0v) is 17.3. The summed E-state index contributed by atoms with van der Waals surface area (Å²) in [6, 6.07) is 3.28. The van der Waals surface area contributed by atoms with Gasteiger partial charge in [-0.15, -0.1) is 0 Å². The van der Waals surface area contributed by atoms with Gasteiger partial charge in [0.25, 0.3) is 17.3 Å². The zero-order chi connectivity index (χ0) is 21.3. The van der Waals surface area contributed by atoms with E-state index in [4.69, 9.17) is 13.3 Å². The highest BCUT2D eigenvalue weighted by molar-refractivity contribution is 6.60. The molecule has 1 unspecified atom stereocenters. The van der Waals surface area contributed by atoms with Crippen LogP contribution in [-0.4, -0.2) is 44.0 Å². The van der Waals surface area contributed by atoms with E-state index in [1.807, 2.05) is 20.8 Å². The van der Waals surface area contributed by atoms with Gasteiger partial charge in [0.05, 0.1) is 21.5 Å². The molecular formula is C16H25N3O8Si. The van der Waals surface area contributed by atoms with Crippen molar-refractivity contribution in [2.24, 2.45) is 0 Å². The fourth-order valence-corrected chi connectivity index (χ4v) is 5.28. The molecule has 0 aliphatic heterocycles. The highest BCUT2D eigenvalue weighted by Gasteiger charge is 2.41. The number of hydrogen-bond acceptors (Lipinski definition) is 8. The normalized spacial score (nSPS) is 12.4. The third-order valence-corrected chi connectivity index (χ3v) is 6.84. The van der Waals surface area contributed by atoms with Crippen molar-refractivity contribution in [1.82, 2.24) is 5.32 Å². The SMILES string of the molecule is CCC[Si](OCC)(OCC)OC(C)NC(=O)c1cc([N+](=O)[O-])cc([N+](=O)[O-])c1. The van der Waals surface area contributed by atoms with E-state index in [2.05, 4.69) is 5.32 Å². The molecule has 0 saturated heterocycles.